The molecular formula is C3H5F3N2O2. The van der Waals surface area contributed by atoms with E-state index in [1.165, 1.54) is 0 Å². The van der Waals surface area contributed by atoms with Gasteiger partial charge < -0.3 is 5.73 Å². The molecule has 0 rings (SSSR count). The molecule has 0 aliphatic carbocycles. The van der Waals surface area contributed by atoms with Crippen LogP contribution in [0.25, 0.3) is 0 Å². The Hall–Kier alpha value is -0.820. The van der Waals surface area contributed by atoms with Gasteiger partial charge in [-0.2, -0.15) is 13.2 Å². The first kappa shape index (κ1) is 9.18. The van der Waals surface area contributed by atoms with Crippen LogP contribution in [0.5, 0.6) is 0 Å². The van der Waals surface area contributed by atoms with Crippen molar-refractivity contribution in [3.63, 3.8) is 0 Å². The van der Waals surface area contributed by atoms with Gasteiger partial charge >= 0.3 is 6.18 Å². The highest BCUT2D eigenvalue weighted by Gasteiger charge is 2.41. The quantitative estimate of drug-likeness (QED) is 0.351. The van der Waals surface area contributed by atoms with Crippen molar-refractivity contribution in [1.82, 2.24) is 5.48 Å². The van der Waals surface area contributed by atoms with Crippen molar-refractivity contribution in [2.45, 2.75) is 12.2 Å². The summed E-state index contributed by atoms with van der Waals surface area (Å²) in [5, 5.41) is 7.69. The molecule has 4 N–H and O–H groups in total. The van der Waals surface area contributed by atoms with Gasteiger partial charge in [0.15, 0.2) is 6.04 Å². The van der Waals surface area contributed by atoms with Crippen LogP contribution in [0.3, 0.4) is 0 Å². The Morgan fingerprint density at radius 1 is 1.60 bits per heavy atom. The fourth-order valence-corrected chi connectivity index (χ4v) is 0.218. The minimum absolute atomic E-state index is 0.787. The zero-order valence-electron chi connectivity index (χ0n) is 4.64. The number of alkyl halides is 3. The molecule has 0 fully saturated rings. The average molecular weight is 158 g/mol. The third-order valence-electron chi connectivity index (χ3n) is 0.745. The summed E-state index contributed by atoms with van der Waals surface area (Å²) in [6.45, 7) is 0. The normalized spacial score (nSPS) is 14.5. The maximum absolute atomic E-state index is 11.4. The molecule has 0 radical (unpaired) electrons. The SMILES string of the molecule is NC(C(=O)NO)C(F)(F)F. The van der Waals surface area contributed by atoms with Crippen LogP contribution >= 0.6 is 0 Å². The smallest absolute Gasteiger partial charge is 0.312 e. The number of hydroxylamine groups is 1. The zero-order chi connectivity index (χ0) is 8.36. The maximum atomic E-state index is 11.4. The molecule has 1 amide bonds. The second-order valence-electron chi connectivity index (χ2n) is 1.50. The summed E-state index contributed by atoms with van der Waals surface area (Å²) in [6.07, 6.45) is -4.81. The standard InChI is InChI=1S/C3H5F3N2O2/c4-3(5,6)1(7)2(9)8-10/h1,10H,7H2,(H,8,9). The van der Waals surface area contributed by atoms with Gasteiger partial charge in [0.1, 0.15) is 0 Å². The summed E-state index contributed by atoms with van der Waals surface area (Å²) in [7, 11) is 0. The van der Waals surface area contributed by atoms with Gasteiger partial charge in [-0.1, -0.05) is 0 Å². The third-order valence-corrected chi connectivity index (χ3v) is 0.745. The molecule has 0 bridgehead atoms. The van der Waals surface area contributed by atoms with Gasteiger partial charge in [-0.15, -0.1) is 0 Å². The Kier molecular flexibility index (Phi) is 2.61. The fraction of sp³-hybridized carbons (Fsp3) is 0.667. The molecule has 0 heterocycles. The molecule has 1 unspecified atom stereocenters. The first-order valence-corrected chi connectivity index (χ1v) is 2.16. The maximum Gasteiger partial charge on any atom is 0.412 e. The predicted molar refractivity (Wildman–Crippen MR) is 24.0 cm³/mol. The first-order valence-electron chi connectivity index (χ1n) is 2.16. The third kappa shape index (κ3) is 2.19. The molecule has 0 aromatic heterocycles. The number of hydrogen-bond donors (Lipinski definition) is 3. The van der Waals surface area contributed by atoms with E-state index in [0.717, 1.165) is 5.48 Å². The van der Waals surface area contributed by atoms with Gasteiger partial charge in [0.05, 0.1) is 0 Å². The molecule has 0 saturated heterocycles. The number of nitrogens with one attached hydrogen (secondary N) is 1. The lowest BCUT2D eigenvalue weighted by molar-refractivity contribution is -0.168. The predicted octanol–water partition coefficient (Wildman–Crippen LogP) is -0.619. The average Bonchev–Trinajstić information content (AvgIpc) is 1.83. The molecule has 0 aliphatic rings. The van der Waals surface area contributed by atoms with Gasteiger partial charge in [-0.25, -0.2) is 5.48 Å². The molecule has 0 aliphatic heterocycles. The second-order valence-corrected chi connectivity index (χ2v) is 1.50. The Bertz CT molecular complexity index is 134. The van der Waals surface area contributed by atoms with E-state index in [4.69, 9.17) is 5.21 Å². The number of hydrogen-bond acceptors (Lipinski definition) is 3. The van der Waals surface area contributed by atoms with Crippen molar-refractivity contribution in [3.05, 3.63) is 0 Å². The van der Waals surface area contributed by atoms with Crippen molar-refractivity contribution >= 4 is 5.91 Å². The molecule has 1 atom stereocenters. The molecule has 0 aromatic carbocycles. The molecule has 4 nitrogen and oxygen atoms in total. The van der Waals surface area contributed by atoms with Crippen LogP contribution in [-0.4, -0.2) is 23.3 Å². The van der Waals surface area contributed by atoms with Gasteiger partial charge in [-0.05, 0) is 0 Å². The van der Waals surface area contributed by atoms with E-state index in [1.54, 1.807) is 0 Å². The van der Waals surface area contributed by atoms with E-state index >= 15 is 0 Å². The lowest BCUT2D eigenvalue weighted by Crippen LogP contribution is -2.49. The van der Waals surface area contributed by atoms with E-state index in [9.17, 15) is 18.0 Å². The summed E-state index contributed by atoms with van der Waals surface area (Å²) in [4.78, 5) is 9.95. The number of rotatable bonds is 1. The lowest BCUT2D eigenvalue weighted by Gasteiger charge is -2.11. The molecule has 7 heteroatoms. The minimum atomic E-state index is -4.81. The number of carbonyl (C=O) groups is 1. The Balaban J connectivity index is 4.08. The summed E-state index contributed by atoms with van der Waals surface area (Å²) in [5.41, 5.74) is 5.10. The number of carbonyl (C=O) groups excluding carboxylic acids is 1. The summed E-state index contributed by atoms with van der Waals surface area (Å²) in [6, 6.07) is -2.67. The van der Waals surface area contributed by atoms with Crippen molar-refractivity contribution < 1.29 is 23.2 Å². The van der Waals surface area contributed by atoms with Crippen molar-refractivity contribution in [1.29, 1.82) is 0 Å². The molecule has 0 aromatic rings. The van der Waals surface area contributed by atoms with Crippen LogP contribution in [0.4, 0.5) is 13.2 Å². The lowest BCUT2D eigenvalue weighted by atomic mass is 10.3. The summed E-state index contributed by atoms with van der Waals surface area (Å²) in [5.74, 6) is -1.67. The molecule has 0 spiro atoms. The molecular weight excluding hydrogens is 153 g/mol. The topological polar surface area (TPSA) is 75.4 Å². The Morgan fingerprint density at radius 2 is 2.00 bits per heavy atom. The highest BCUT2D eigenvalue weighted by Crippen LogP contribution is 2.17. The van der Waals surface area contributed by atoms with Crippen LogP contribution < -0.4 is 11.2 Å². The molecule has 0 saturated carbocycles. The van der Waals surface area contributed by atoms with Gasteiger partial charge in [0.2, 0.25) is 0 Å². The molecule has 10 heavy (non-hydrogen) atoms. The van der Waals surface area contributed by atoms with Gasteiger partial charge in [-0.3, -0.25) is 10.0 Å². The minimum Gasteiger partial charge on any atom is -0.312 e. The Morgan fingerprint density at radius 3 is 2.10 bits per heavy atom. The van der Waals surface area contributed by atoms with Crippen LogP contribution in [0.1, 0.15) is 0 Å². The van der Waals surface area contributed by atoms with E-state index in [2.05, 4.69) is 5.73 Å². The summed E-state index contributed by atoms with van der Waals surface area (Å²) >= 11 is 0. The second kappa shape index (κ2) is 2.84. The Labute approximate surface area is 53.8 Å². The zero-order valence-corrected chi connectivity index (χ0v) is 4.64. The highest BCUT2D eigenvalue weighted by molar-refractivity contribution is 5.81. The van der Waals surface area contributed by atoms with Crippen LogP contribution in [0.15, 0.2) is 0 Å². The number of nitrogens with two attached hydrogens (primary N) is 1. The van der Waals surface area contributed by atoms with Crippen LogP contribution in [-0.2, 0) is 4.79 Å². The van der Waals surface area contributed by atoms with E-state index in [0.29, 0.717) is 0 Å². The van der Waals surface area contributed by atoms with E-state index in [-0.39, 0.29) is 0 Å². The van der Waals surface area contributed by atoms with Crippen molar-refractivity contribution in [2.75, 3.05) is 0 Å². The van der Waals surface area contributed by atoms with Gasteiger partial charge in [0.25, 0.3) is 5.91 Å². The summed E-state index contributed by atoms with van der Waals surface area (Å²) < 4.78 is 34.2. The molecule has 60 valence electrons. The van der Waals surface area contributed by atoms with E-state index < -0.39 is 18.1 Å². The van der Waals surface area contributed by atoms with Crippen molar-refractivity contribution in [3.8, 4) is 0 Å². The number of halogens is 3. The van der Waals surface area contributed by atoms with E-state index in [1.807, 2.05) is 0 Å². The first-order chi connectivity index (χ1) is 4.39. The van der Waals surface area contributed by atoms with Crippen molar-refractivity contribution in [2.24, 2.45) is 5.73 Å². The highest BCUT2D eigenvalue weighted by atomic mass is 19.4. The fourth-order valence-electron chi connectivity index (χ4n) is 0.218. The van der Waals surface area contributed by atoms with Gasteiger partial charge in [0, 0.05) is 0 Å². The monoisotopic (exact) mass is 158 g/mol. The number of amides is 1. The largest absolute Gasteiger partial charge is 0.412 e. The van der Waals surface area contributed by atoms with Crippen LogP contribution in [0.2, 0.25) is 0 Å². The van der Waals surface area contributed by atoms with Crippen LogP contribution in [0, 0.1) is 0 Å².